The number of hydrogen-bond donors (Lipinski definition) is 1. The van der Waals surface area contributed by atoms with E-state index in [1.165, 1.54) is 12.8 Å². The van der Waals surface area contributed by atoms with Gasteiger partial charge in [-0.2, -0.15) is 0 Å². The topological polar surface area (TPSA) is 54.2 Å². The third-order valence-corrected chi connectivity index (χ3v) is 4.68. The average molecular weight is 363 g/mol. The molecular weight excluding hydrogens is 344 g/mol. The molecule has 0 amide bonds. The minimum Gasteiger partial charge on any atom is -0.453 e. The van der Waals surface area contributed by atoms with E-state index in [0.717, 1.165) is 48.1 Å². The Morgan fingerprint density at radius 1 is 1.27 bits per heavy atom. The van der Waals surface area contributed by atoms with Crippen LogP contribution in [0.3, 0.4) is 0 Å². The lowest BCUT2D eigenvalue weighted by Gasteiger charge is -2.16. The van der Waals surface area contributed by atoms with Gasteiger partial charge in [0.1, 0.15) is 17.4 Å². The van der Waals surface area contributed by atoms with Crippen molar-refractivity contribution in [1.29, 1.82) is 0 Å². The first-order valence-corrected chi connectivity index (χ1v) is 8.61. The zero-order chi connectivity index (χ0) is 14.9. The largest absolute Gasteiger partial charge is 0.453 e. The van der Waals surface area contributed by atoms with Gasteiger partial charge in [0.15, 0.2) is 4.67 Å². The summed E-state index contributed by atoms with van der Waals surface area (Å²) in [5.41, 5.74) is 0. The van der Waals surface area contributed by atoms with Crippen molar-refractivity contribution in [1.82, 2.24) is 14.9 Å². The highest BCUT2D eigenvalue weighted by atomic mass is 79.9. The molecule has 1 unspecified atom stereocenters. The summed E-state index contributed by atoms with van der Waals surface area (Å²) in [5.74, 6) is 3.56. The maximum Gasteiger partial charge on any atom is 0.169 e. The van der Waals surface area contributed by atoms with Crippen molar-refractivity contribution >= 4 is 21.7 Å². The van der Waals surface area contributed by atoms with Gasteiger partial charge in [-0.15, -0.1) is 0 Å². The van der Waals surface area contributed by atoms with Crippen LogP contribution >= 0.6 is 15.9 Å². The first-order valence-electron chi connectivity index (χ1n) is 7.82. The fourth-order valence-electron chi connectivity index (χ4n) is 2.95. The van der Waals surface area contributed by atoms with Crippen molar-refractivity contribution in [3.05, 3.63) is 40.7 Å². The third-order valence-electron chi connectivity index (χ3n) is 4.25. The van der Waals surface area contributed by atoms with Gasteiger partial charge in [0.2, 0.25) is 0 Å². The summed E-state index contributed by atoms with van der Waals surface area (Å²) in [4.78, 5) is 11.4. The average Bonchev–Trinajstić information content (AvgIpc) is 3.16. The van der Waals surface area contributed by atoms with Crippen LogP contribution < -0.4 is 5.32 Å². The second-order valence-corrected chi connectivity index (χ2v) is 6.93. The predicted molar refractivity (Wildman–Crippen MR) is 87.7 cm³/mol. The molecule has 0 bridgehead atoms. The number of hydrogen-bond acceptors (Lipinski definition) is 5. The van der Waals surface area contributed by atoms with Crippen LogP contribution in [0, 0.1) is 0 Å². The molecule has 2 aromatic rings. The predicted octanol–water partition coefficient (Wildman–Crippen LogP) is 3.40. The Balaban J connectivity index is 1.33. The van der Waals surface area contributed by atoms with Gasteiger partial charge in [0.05, 0.1) is 6.54 Å². The Kier molecular flexibility index (Phi) is 3.88. The van der Waals surface area contributed by atoms with Gasteiger partial charge in [-0.05, 0) is 53.4 Å². The van der Waals surface area contributed by atoms with Crippen LogP contribution in [-0.4, -0.2) is 34.0 Å². The van der Waals surface area contributed by atoms with E-state index in [-0.39, 0.29) is 0 Å². The molecule has 5 nitrogen and oxygen atoms in total. The van der Waals surface area contributed by atoms with E-state index in [9.17, 15) is 0 Å². The lowest BCUT2D eigenvalue weighted by molar-refractivity contribution is 0.293. The van der Waals surface area contributed by atoms with Crippen LogP contribution in [-0.2, 0) is 6.54 Å². The van der Waals surface area contributed by atoms with Gasteiger partial charge in [0, 0.05) is 31.2 Å². The normalized spacial score (nSPS) is 22.1. The van der Waals surface area contributed by atoms with Gasteiger partial charge < -0.3 is 9.73 Å². The van der Waals surface area contributed by atoms with Crippen molar-refractivity contribution < 1.29 is 4.42 Å². The number of likely N-dealkylation sites (tertiary alicyclic amines) is 1. The number of rotatable bonds is 5. The highest BCUT2D eigenvalue weighted by Gasteiger charge is 2.27. The van der Waals surface area contributed by atoms with Crippen molar-refractivity contribution in [2.75, 3.05) is 18.4 Å². The number of nitrogens with zero attached hydrogens (tertiary/aromatic N) is 3. The number of halogens is 1. The minimum absolute atomic E-state index is 0.445. The van der Waals surface area contributed by atoms with Crippen molar-refractivity contribution in [2.45, 2.75) is 37.8 Å². The quantitative estimate of drug-likeness (QED) is 0.883. The molecule has 6 heteroatoms. The van der Waals surface area contributed by atoms with E-state index in [0.29, 0.717) is 12.0 Å². The molecule has 1 saturated heterocycles. The second-order valence-electron chi connectivity index (χ2n) is 6.15. The maximum absolute atomic E-state index is 5.58. The summed E-state index contributed by atoms with van der Waals surface area (Å²) in [6.07, 6.45) is 5.47. The first kappa shape index (κ1) is 14.2. The molecule has 1 aliphatic heterocycles. The number of nitrogens with one attached hydrogen (secondary N) is 1. The Labute approximate surface area is 138 Å². The number of furan rings is 1. The molecule has 1 N–H and O–H groups in total. The third kappa shape index (κ3) is 3.33. The minimum atomic E-state index is 0.445. The molecule has 1 atom stereocenters. The zero-order valence-corrected chi connectivity index (χ0v) is 13.9. The van der Waals surface area contributed by atoms with E-state index < -0.39 is 0 Å². The molecule has 1 saturated carbocycles. The molecule has 2 fully saturated rings. The smallest absolute Gasteiger partial charge is 0.169 e. The molecule has 4 rings (SSSR count). The maximum atomic E-state index is 5.58. The molecular formula is C16H19BrN4O. The van der Waals surface area contributed by atoms with Crippen LogP contribution in [0.25, 0.3) is 0 Å². The standard InChI is InChI=1S/C16H19BrN4O/c17-14-4-3-13(22-14)10-21-8-6-12(9-21)19-15-5-7-18-16(20-15)11-1-2-11/h3-5,7,11-12H,1-2,6,8-10H2,(H,18,19,20). The molecule has 2 aliphatic rings. The molecule has 22 heavy (non-hydrogen) atoms. The van der Waals surface area contributed by atoms with E-state index >= 15 is 0 Å². The molecule has 0 radical (unpaired) electrons. The van der Waals surface area contributed by atoms with E-state index in [1.807, 2.05) is 24.4 Å². The van der Waals surface area contributed by atoms with Crippen LogP contribution in [0.15, 0.2) is 33.5 Å². The fraction of sp³-hybridized carbons (Fsp3) is 0.500. The highest BCUT2D eigenvalue weighted by Crippen LogP contribution is 2.38. The molecule has 2 aromatic heterocycles. The summed E-state index contributed by atoms with van der Waals surface area (Å²) >= 11 is 3.35. The Morgan fingerprint density at radius 3 is 2.95 bits per heavy atom. The van der Waals surface area contributed by atoms with Crippen LogP contribution in [0.2, 0.25) is 0 Å². The molecule has 3 heterocycles. The lowest BCUT2D eigenvalue weighted by atomic mass is 10.2. The molecule has 0 spiro atoms. The molecule has 116 valence electrons. The second kappa shape index (κ2) is 6.01. The van der Waals surface area contributed by atoms with Crippen LogP contribution in [0.5, 0.6) is 0 Å². The zero-order valence-electron chi connectivity index (χ0n) is 12.3. The van der Waals surface area contributed by atoms with Crippen molar-refractivity contribution in [2.24, 2.45) is 0 Å². The van der Waals surface area contributed by atoms with Crippen LogP contribution in [0.4, 0.5) is 5.82 Å². The van der Waals surface area contributed by atoms with Gasteiger partial charge in [-0.25, -0.2) is 9.97 Å². The lowest BCUT2D eigenvalue weighted by Crippen LogP contribution is -2.26. The SMILES string of the molecule is Brc1ccc(CN2CCC(Nc3ccnc(C4CC4)n3)C2)o1. The summed E-state index contributed by atoms with van der Waals surface area (Å²) in [6, 6.07) is 6.39. The summed E-state index contributed by atoms with van der Waals surface area (Å²) in [5, 5.41) is 3.55. The van der Waals surface area contributed by atoms with Crippen LogP contribution in [0.1, 0.15) is 36.8 Å². The number of aromatic nitrogens is 2. The Hall–Kier alpha value is -1.40. The van der Waals surface area contributed by atoms with Crippen molar-refractivity contribution in [3.8, 4) is 0 Å². The van der Waals surface area contributed by atoms with E-state index in [1.54, 1.807) is 0 Å². The highest BCUT2D eigenvalue weighted by molar-refractivity contribution is 9.10. The molecule has 0 aromatic carbocycles. The van der Waals surface area contributed by atoms with E-state index in [2.05, 4.69) is 36.1 Å². The van der Waals surface area contributed by atoms with Gasteiger partial charge in [0.25, 0.3) is 0 Å². The Morgan fingerprint density at radius 2 is 2.18 bits per heavy atom. The van der Waals surface area contributed by atoms with Gasteiger partial charge >= 0.3 is 0 Å². The van der Waals surface area contributed by atoms with Crippen molar-refractivity contribution in [3.63, 3.8) is 0 Å². The van der Waals surface area contributed by atoms with Gasteiger partial charge in [-0.3, -0.25) is 4.90 Å². The summed E-state index contributed by atoms with van der Waals surface area (Å²) in [7, 11) is 0. The summed E-state index contributed by atoms with van der Waals surface area (Å²) < 4.78 is 6.38. The molecule has 1 aliphatic carbocycles. The van der Waals surface area contributed by atoms with Gasteiger partial charge in [-0.1, -0.05) is 0 Å². The Bertz CT molecular complexity index is 655. The summed E-state index contributed by atoms with van der Waals surface area (Å²) in [6.45, 7) is 2.96. The fourth-order valence-corrected chi connectivity index (χ4v) is 3.29. The number of anilines is 1. The first-order chi connectivity index (χ1) is 10.8. The monoisotopic (exact) mass is 362 g/mol. The van der Waals surface area contributed by atoms with E-state index in [4.69, 9.17) is 4.42 Å².